The topological polar surface area (TPSA) is 130 Å². The van der Waals surface area contributed by atoms with Gasteiger partial charge in [0.1, 0.15) is 0 Å². The van der Waals surface area contributed by atoms with Crippen molar-refractivity contribution < 1.29 is 13.0 Å². The highest BCUT2D eigenvalue weighted by Crippen LogP contribution is 2.05. The summed E-state index contributed by atoms with van der Waals surface area (Å²) in [4.78, 5) is 7.36. The Morgan fingerprint density at radius 1 is 1.11 bits per heavy atom. The first-order chi connectivity index (χ1) is 8.91. The first kappa shape index (κ1) is 14.7. The minimum atomic E-state index is -4.00. The van der Waals surface area contributed by atoms with Crippen LogP contribution in [0.25, 0.3) is 0 Å². The molecular formula is C11H12N4O3S. The van der Waals surface area contributed by atoms with Gasteiger partial charge in [-0.2, -0.15) is 8.42 Å². The first-order valence-electron chi connectivity index (χ1n) is 5.05. The van der Waals surface area contributed by atoms with E-state index >= 15 is 0 Å². The molecule has 0 amide bonds. The predicted octanol–water partition coefficient (Wildman–Crippen LogP) is 0.694. The molecule has 0 atom stereocenters. The van der Waals surface area contributed by atoms with Gasteiger partial charge in [-0.1, -0.05) is 18.2 Å². The number of nitrogens with zero attached hydrogens (tertiary/aromatic N) is 2. The second kappa shape index (κ2) is 6.57. The number of aromatic nitrogens is 2. The van der Waals surface area contributed by atoms with Crippen LogP contribution in [0.1, 0.15) is 5.82 Å². The molecule has 0 bridgehead atoms. The molecule has 0 unspecified atom stereocenters. The molecule has 1 aromatic heterocycles. The molecule has 0 fully saturated rings. The van der Waals surface area contributed by atoms with Gasteiger partial charge in [0.2, 0.25) is 0 Å². The maximum atomic E-state index is 10.4. The van der Waals surface area contributed by atoms with Crippen LogP contribution in [0.15, 0.2) is 53.7 Å². The summed E-state index contributed by atoms with van der Waals surface area (Å²) in [6, 6.07) is 9.10. The number of rotatable bonds is 2. The standard InChI is InChI=1S/C6H6O3S.C5H6N4/c7-10(8,9)6-4-2-1-3-5-6;6-4(7)5-8-2-1-3-9-5/h1-5H,(H,7,8,9);1-3H,(H3,6,7). The van der Waals surface area contributed by atoms with E-state index < -0.39 is 10.1 Å². The van der Waals surface area contributed by atoms with Crippen LogP contribution >= 0.6 is 0 Å². The van der Waals surface area contributed by atoms with Crippen molar-refractivity contribution in [3.05, 3.63) is 54.6 Å². The Morgan fingerprint density at radius 2 is 1.63 bits per heavy atom. The van der Waals surface area contributed by atoms with Gasteiger partial charge in [0.05, 0.1) is 4.90 Å². The molecule has 19 heavy (non-hydrogen) atoms. The smallest absolute Gasteiger partial charge is 0.294 e. The van der Waals surface area contributed by atoms with Crippen molar-refractivity contribution in [3.63, 3.8) is 0 Å². The van der Waals surface area contributed by atoms with Crippen LogP contribution in [-0.4, -0.2) is 28.8 Å². The van der Waals surface area contributed by atoms with Crippen LogP contribution in [0, 0.1) is 5.41 Å². The molecule has 2 rings (SSSR count). The normalized spacial score (nSPS) is 10.2. The third kappa shape index (κ3) is 5.23. The number of hydrogen-bond donors (Lipinski definition) is 3. The summed E-state index contributed by atoms with van der Waals surface area (Å²) in [5.41, 5.74) is 5.07. The molecule has 0 aliphatic heterocycles. The van der Waals surface area contributed by atoms with Crippen molar-refractivity contribution in [3.8, 4) is 0 Å². The monoisotopic (exact) mass is 280 g/mol. The SMILES string of the molecule is N=C(N)c1ncccn1.O=S(=O)(O)c1ccccc1. The molecule has 0 saturated heterocycles. The van der Waals surface area contributed by atoms with Gasteiger partial charge in [-0.05, 0) is 18.2 Å². The summed E-state index contributed by atoms with van der Waals surface area (Å²) < 4.78 is 29.2. The summed E-state index contributed by atoms with van der Waals surface area (Å²) in [5.74, 6) is 0.174. The Labute approximate surface area is 110 Å². The lowest BCUT2D eigenvalue weighted by Crippen LogP contribution is -2.14. The maximum absolute atomic E-state index is 10.4. The van der Waals surface area contributed by atoms with E-state index in [2.05, 4.69) is 9.97 Å². The Bertz CT molecular complexity index is 630. The molecular weight excluding hydrogens is 268 g/mol. The molecule has 2 aromatic rings. The van der Waals surface area contributed by atoms with E-state index in [1.165, 1.54) is 12.1 Å². The number of amidine groups is 1. The number of nitrogens with one attached hydrogen (secondary N) is 1. The van der Waals surface area contributed by atoms with Crippen molar-refractivity contribution in [2.75, 3.05) is 0 Å². The highest BCUT2D eigenvalue weighted by atomic mass is 32.2. The van der Waals surface area contributed by atoms with E-state index in [1.54, 1.807) is 36.7 Å². The summed E-state index contributed by atoms with van der Waals surface area (Å²) in [7, 11) is -4.00. The molecule has 1 aromatic carbocycles. The predicted molar refractivity (Wildman–Crippen MR) is 69.3 cm³/mol. The van der Waals surface area contributed by atoms with Gasteiger partial charge in [-0.25, -0.2) is 9.97 Å². The van der Waals surface area contributed by atoms with Crippen molar-refractivity contribution in [2.45, 2.75) is 4.90 Å². The summed E-state index contributed by atoms with van der Waals surface area (Å²) >= 11 is 0. The van der Waals surface area contributed by atoms with E-state index in [0.29, 0.717) is 0 Å². The molecule has 0 radical (unpaired) electrons. The van der Waals surface area contributed by atoms with Gasteiger partial charge in [0.25, 0.3) is 10.1 Å². The van der Waals surface area contributed by atoms with Crippen LogP contribution in [-0.2, 0) is 10.1 Å². The largest absolute Gasteiger partial charge is 0.381 e. The van der Waals surface area contributed by atoms with Crippen molar-refractivity contribution in [1.82, 2.24) is 9.97 Å². The zero-order chi connectivity index (χ0) is 14.3. The molecule has 0 saturated carbocycles. The zero-order valence-electron chi connectivity index (χ0n) is 9.76. The minimum absolute atomic E-state index is 0.0741. The first-order valence-corrected chi connectivity index (χ1v) is 6.49. The van der Waals surface area contributed by atoms with Crippen LogP contribution < -0.4 is 5.73 Å². The molecule has 8 heteroatoms. The fourth-order valence-electron chi connectivity index (χ4n) is 1.03. The molecule has 4 N–H and O–H groups in total. The van der Waals surface area contributed by atoms with Crippen molar-refractivity contribution in [2.24, 2.45) is 5.73 Å². The molecule has 0 spiro atoms. The van der Waals surface area contributed by atoms with Crippen LogP contribution in [0.2, 0.25) is 0 Å². The molecule has 100 valence electrons. The van der Waals surface area contributed by atoms with Gasteiger partial charge in [-0.3, -0.25) is 9.96 Å². The molecule has 1 heterocycles. The Balaban J connectivity index is 0.000000191. The lowest BCUT2D eigenvalue weighted by Gasteiger charge is -1.92. The summed E-state index contributed by atoms with van der Waals surface area (Å²) in [5, 5.41) is 6.89. The fourth-order valence-corrected chi connectivity index (χ4v) is 1.53. The molecule has 7 nitrogen and oxygen atoms in total. The third-order valence-electron chi connectivity index (χ3n) is 1.85. The Hall–Kier alpha value is -2.32. The number of nitrogen functional groups attached to an aromatic ring is 1. The van der Waals surface area contributed by atoms with Crippen LogP contribution in [0.4, 0.5) is 0 Å². The lowest BCUT2D eigenvalue weighted by atomic mass is 10.4. The van der Waals surface area contributed by atoms with Crippen molar-refractivity contribution in [1.29, 1.82) is 5.41 Å². The number of nitrogens with two attached hydrogens (primary N) is 1. The van der Waals surface area contributed by atoms with Crippen LogP contribution in [0.5, 0.6) is 0 Å². The summed E-state index contributed by atoms with van der Waals surface area (Å²) in [6.45, 7) is 0. The number of benzene rings is 1. The Morgan fingerprint density at radius 3 is 1.95 bits per heavy atom. The second-order valence-corrected chi connectivity index (χ2v) is 4.70. The molecule has 0 aliphatic rings. The van der Waals surface area contributed by atoms with Gasteiger partial charge >= 0.3 is 0 Å². The molecule has 0 aliphatic carbocycles. The lowest BCUT2D eigenvalue weighted by molar-refractivity contribution is 0.483. The number of hydrogen-bond acceptors (Lipinski definition) is 5. The van der Waals surface area contributed by atoms with Gasteiger partial charge in [-0.15, -0.1) is 0 Å². The third-order valence-corrected chi connectivity index (χ3v) is 2.72. The van der Waals surface area contributed by atoms with E-state index in [1.807, 2.05) is 0 Å². The van der Waals surface area contributed by atoms with Gasteiger partial charge in [0.15, 0.2) is 11.7 Å². The Kier molecular flexibility index (Phi) is 5.10. The van der Waals surface area contributed by atoms with E-state index in [4.69, 9.17) is 15.7 Å². The van der Waals surface area contributed by atoms with Crippen LogP contribution in [0.3, 0.4) is 0 Å². The highest BCUT2D eigenvalue weighted by molar-refractivity contribution is 7.85. The quantitative estimate of drug-likeness (QED) is 0.421. The van der Waals surface area contributed by atoms with E-state index in [9.17, 15) is 8.42 Å². The van der Waals surface area contributed by atoms with E-state index in [-0.39, 0.29) is 16.6 Å². The minimum Gasteiger partial charge on any atom is -0.381 e. The maximum Gasteiger partial charge on any atom is 0.294 e. The average Bonchev–Trinajstić information content (AvgIpc) is 2.40. The van der Waals surface area contributed by atoms with Gasteiger partial charge < -0.3 is 5.73 Å². The van der Waals surface area contributed by atoms with Gasteiger partial charge in [0, 0.05) is 12.4 Å². The van der Waals surface area contributed by atoms with Crippen molar-refractivity contribution >= 4 is 16.0 Å². The zero-order valence-corrected chi connectivity index (χ0v) is 10.6. The highest BCUT2D eigenvalue weighted by Gasteiger charge is 2.05. The fraction of sp³-hybridized carbons (Fsp3) is 0. The second-order valence-electron chi connectivity index (χ2n) is 3.27. The average molecular weight is 280 g/mol. The van der Waals surface area contributed by atoms with E-state index in [0.717, 1.165) is 0 Å². The summed E-state index contributed by atoms with van der Waals surface area (Å²) in [6.07, 6.45) is 3.09.